The summed E-state index contributed by atoms with van der Waals surface area (Å²) in [7, 11) is 0. The van der Waals surface area contributed by atoms with Crippen molar-refractivity contribution in [3.05, 3.63) is 0 Å². The Balaban J connectivity index is 1.59. The van der Waals surface area contributed by atoms with Crippen LogP contribution in [0.15, 0.2) is 0 Å². The molecular weight excluding hydrogens is 236 g/mol. The SMILES string of the molecule is C[C@@H]1CNCCN1C(=O)C12CC3CC(CC(C3)C1)C2. The fourth-order valence-corrected chi connectivity index (χ4v) is 5.82. The second kappa shape index (κ2) is 4.21. The Hall–Kier alpha value is -0.570. The molecule has 0 unspecified atom stereocenters. The maximum atomic E-state index is 13.2. The molecule has 4 bridgehead atoms. The normalized spacial score (nSPS) is 48.6. The van der Waals surface area contributed by atoms with Gasteiger partial charge in [0.15, 0.2) is 0 Å². The van der Waals surface area contributed by atoms with Crippen LogP contribution in [-0.4, -0.2) is 36.5 Å². The van der Waals surface area contributed by atoms with Gasteiger partial charge >= 0.3 is 0 Å². The van der Waals surface area contributed by atoms with Crippen molar-refractivity contribution in [2.24, 2.45) is 23.2 Å². The molecule has 0 radical (unpaired) electrons. The van der Waals surface area contributed by atoms with E-state index in [1.807, 2.05) is 0 Å². The Morgan fingerprint density at radius 3 is 2.21 bits per heavy atom. The van der Waals surface area contributed by atoms with Gasteiger partial charge in [-0.25, -0.2) is 0 Å². The lowest BCUT2D eigenvalue weighted by Crippen LogP contribution is -2.60. The van der Waals surface area contributed by atoms with Gasteiger partial charge in [-0.3, -0.25) is 4.79 Å². The molecule has 5 aliphatic rings. The molecule has 1 N–H and O–H groups in total. The highest BCUT2D eigenvalue weighted by Gasteiger charge is 2.55. The summed E-state index contributed by atoms with van der Waals surface area (Å²) in [6, 6.07) is 0.384. The van der Waals surface area contributed by atoms with Gasteiger partial charge in [0.25, 0.3) is 0 Å². The van der Waals surface area contributed by atoms with E-state index in [-0.39, 0.29) is 5.41 Å². The van der Waals surface area contributed by atoms with Gasteiger partial charge in [-0.2, -0.15) is 0 Å². The van der Waals surface area contributed by atoms with E-state index in [2.05, 4.69) is 17.1 Å². The lowest BCUT2D eigenvalue weighted by molar-refractivity contribution is -0.160. The van der Waals surface area contributed by atoms with E-state index >= 15 is 0 Å². The molecule has 0 aromatic heterocycles. The minimum Gasteiger partial charge on any atom is -0.337 e. The summed E-state index contributed by atoms with van der Waals surface area (Å²) in [5, 5.41) is 3.40. The molecule has 1 amide bonds. The first-order valence-electron chi connectivity index (χ1n) is 8.18. The fraction of sp³-hybridized carbons (Fsp3) is 0.938. The van der Waals surface area contributed by atoms with E-state index in [0.717, 1.165) is 37.4 Å². The van der Waals surface area contributed by atoms with Crippen molar-refractivity contribution in [3.63, 3.8) is 0 Å². The summed E-state index contributed by atoms with van der Waals surface area (Å²) in [4.78, 5) is 15.4. The third kappa shape index (κ3) is 1.84. The lowest BCUT2D eigenvalue weighted by Gasteiger charge is -2.57. The van der Waals surface area contributed by atoms with Crippen LogP contribution in [0.1, 0.15) is 45.4 Å². The van der Waals surface area contributed by atoms with Crippen LogP contribution in [0.3, 0.4) is 0 Å². The minimum absolute atomic E-state index is 0.0559. The topological polar surface area (TPSA) is 32.3 Å². The molecule has 3 heteroatoms. The summed E-state index contributed by atoms with van der Waals surface area (Å²) < 4.78 is 0. The van der Waals surface area contributed by atoms with E-state index < -0.39 is 0 Å². The Morgan fingerprint density at radius 1 is 1.11 bits per heavy atom. The van der Waals surface area contributed by atoms with Crippen molar-refractivity contribution < 1.29 is 4.79 Å². The van der Waals surface area contributed by atoms with Gasteiger partial charge < -0.3 is 10.2 Å². The van der Waals surface area contributed by atoms with Gasteiger partial charge in [0, 0.05) is 25.7 Å². The summed E-state index contributed by atoms with van der Waals surface area (Å²) >= 11 is 0. The van der Waals surface area contributed by atoms with E-state index in [0.29, 0.717) is 11.9 Å². The number of hydrogen-bond acceptors (Lipinski definition) is 2. The van der Waals surface area contributed by atoms with Crippen LogP contribution in [0.2, 0.25) is 0 Å². The Bertz CT molecular complexity index is 357. The Labute approximate surface area is 116 Å². The zero-order chi connectivity index (χ0) is 13.0. The molecule has 5 fully saturated rings. The average molecular weight is 262 g/mol. The van der Waals surface area contributed by atoms with E-state index in [9.17, 15) is 4.79 Å². The molecule has 1 heterocycles. The van der Waals surface area contributed by atoms with Gasteiger partial charge in [-0.1, -0.05) is 0 Å². The van der Waals surface area contributed by atoms with Gasteiger partial charge in [-0.15, -0.1) is 0 Å². The van der Waals surface area contributed by atoms with Gasteiger partial charge in [0.2, 0.25) is 5.91 Å². The predicted molar refractivity (Wildman–Crippen MR) is 74.6 cm³/mol. The molecule has 4 aliphatic carbocycles. The van der Waals surface area contributed by atoms with Crippen LogP contribution in [0.5, 0.6) is 0 Å². The number of rotatable bonds is 1. The van der Waals surface area contributed by atoms with E-state index in [1.54, 1.807) is 0 Å². The number of carbonyl (C=O) groups is 1. The standard InChI is InChI=1S/C16H26N2O/c1-11-10-17-2-3-18(11)15(19)16-7-12-4-13(8-16)6-14(5-12)9-16/h11-14,17H,2-10H2,1H3/t11-,12?,13?,14?,16?/m1/s1. The molecule has 1 aliphatic heterocycles. The molecule has 19 heavy (non-hydrogen) atoms. The molecule has 4 saturated carbocycles. The third-order valence-electron chi connectivity index (χ3n) is 6.25. The van der Waals surface area contributed by atoms with E-state index in [1.165, 1.54) is 38.5 Å². The van der Waals surface area contributed by atoms with Crippen LogP contribution >= 0.6 is 0 Å². The smallest absolute Gasteiger partial charge is 0.229 e. The predicted octanol–water partition coefficient (Wildman–Crippen LogP) is 2.02. The summed E-state index contributed by atoms with van der Waals surface area (Å²) in [6.07, 6.45) is 7.87. The number of hydrogen-bond donors (Lipinski definition) is 1. The molecule has 106 valence electrons. The van der Waals surface area contributed by atoms with Gasteiger partial charge in [-0.05, 0) is 63.2 Å². The second-order valence-corrected chi connectivity index (χ2v) is 7.75. The van der Waals surface area contributed by atoms with Crippen LogP contribution in [0.4, 0.5) is 0 Å². The van der Waals surface area contributed by atoms with Crippen molar-refractivity contribution in [3.8, 4) is 0 Å². The molecule has 1 atom stereocenters. The number of piperazine rings is 1. The molecule has 0 aromatic rings. The highest BCUT2D eigenvalue weighted by Crippen LogP contribution is 2.60. The van der Waals surface area contributed by atoms with Crippen molar-refractivity contribution >= 4 is 5.91 Å². The molecule has 5 rings (SSSR count). The van der Waals surface area contributed by atoms with Gasteiger partial charge in [0.05, 0.1) is 5.41 Å². The zero-order valence-corrected chi connectivity index (χ0v) is 12.0. The minimum atomic E-state index is 0.0559. The summed E-state index contributed by atoms with van der Waals surface area (Å²) in [5.41, 5.74) is 0.0559. The Morgan fingerprint density at radius 2 is 1.68 bits per heavy atom. The number of carbonyl (C=O) groups excluding carboxylic acids is 1. The van der Waals surface area contributed by atoms with Crippen LogP contribution in [-0.2, 0) is 4.79 Å². The lowest BCUT2D eigenvalue weighted by atomic mass is 9.49. The third-order valence-corrected chi connectivity index (χ3v) is 6.25. The molecular formula is C16H26N2O. The largest absolute Gasteiger partial charge is 0.337 e. The van der Waals surface area contributed by atoms with Crippen molar-refractivity contribution in [2.75, 3.05) is 19.6 Å². The summed E-state index contributed by atoms with van der Waals surface area (Å²) in [5.74, 6) is 3.12. The summed E-state index contributed by atoms with van der Waals surface area (Å²) in [6.45, 7) is 5.06. The maximum absolute atomic E-state index is 13.2. The van der Waals surface area contributed by atoms with E-state index in [4.69, 9.17) is 0 Å². The average Bonchev–Trinajstić information content (AvgIpc) is 2.37. The molecule has 0 aromatic carbocycles. The van der Waals surface area contributed by atoms with Gasteiger partial charge in [0.1, 0.15) is 0 Å². The van der Waals surface area contributed by atoms with Crippen molar-refractivity contribution in [1.82, 2.24) is 10.2 Å². The van der Waals surface area contributed by atoms with Crippen LogP contribution < -0.4 is 5.32 Å². The number of amides is 1. The van der Waals surface area contributed by atoms with Crippen LogP contribution in [0.25, 0.3) is 0 Å². The highest BCUT2D eigenvalue weighted by molar-refractivity contribution is 5.83. The Kier molecular flexibility index (Phi) is 2.70. The number of nitrogens with one attached hydrogen (secondary N) is 1. The first-order chi connectivity index (χ1) is 9.16. The number of nitrogens with zero attached hydrogens (tertiary/aromatic N) is 1. The van der Waals surface area contributed by atoms with Crippen LogP contribution in [0, 0.1) is 23.2 Å². The monoisotopic (exact) mass is 262 g/mol. The first kappa shape index (κ1) is 12.2. The fourth-order valence-electron chi connectivity index (χ4n) is 5.82. The van der Waals surface area contributed by atoms with Crippen molar-refractivity contribution in [2.45, 2.75) is 51.5 Å². The molecule has 1 saturated heterocycles. The molecule has 3 nitrogen and oxygen atoms in total. The maximum Gasteiger partial charge on any atom is 0.229 e. The zero-order valence-electron chi connectivity index (χ0n) is 12.0. The van der Waals surface area contributed by atoms with Crippen molar-refractivity contribution in [1.29, 1.82) is 0 Å². The second-order valence-electron chi connectivity index (χ2n) is 7.75. The molecule has 0 spiro atoms. The first-order valence-corrected chi connectivity index (χ1v) is 8.18. The highest BCUT2D eigenvalue weighted by atomic mass is 16.2. The quantitative estimate of drug-likeness (QED) is 0.784.